The lowest BCUT2D eigenvalue weighted by molar-refractivity contribution is -0.107. The Bertz CT molecular complexity index is 289. The van der Waals surface area contributed by atoms with E-state index in [1.54, 1.807) is 11.3 Å². The van der Waals surface area contributed by atoms with Gasteiger partial charge in [0.1, 0.15) is 6.29 Å². The molecule has 1 fully saturated rings. The van der Waals surface area contributed by atoms with Crippen LogP contribution in [0.25, 0.3) is 0 Å². The lowest BCUT2D eigenvalue weighted by Crippen LogP contribution is -1.93. The molecule has 0 spiro atoms. The first-order chi connectivity index (χ1) is 6.40. The van der Waals surface area contributed by atoms with E-state index < -0.39 is 0 Å². The quantitative estimate of drug-likeness (QED) is 0.694. The van der Waals surface area contributed by atoms with Crippen LogP contribution in [-0.4, -0.2) is 11.3 Å². The van der Waals surface area contributed by atoms with Gasteiger partial charge in [0.2, 0.25) is 0 Å². The Morgan fingerprint density at radius 1 is 1.54 bits per heavy atom. The summed E-state index contributed by atoms with van der Waals surface area (Å²) < 4.78 is 0. The van der Waals surface area contributed by atoms with Gasteiger partial charge < -0.3 is 4.79 Å². The summed E-state index contributed by atoms with van der Waals surface area (Å²) in [6, 6.07) is 0. The van der Waals surface area contributed by atoms with Crippen molar-refractivity contribution in [3.05, 3.63) is 16.1 Å². The third-order valence-corrected chi connectivity index (χ3v) is 3.49. The average Bonchev–Trinajstić information content (AvgIpc) is 2.70. The monoisotopic (exact) mass is 195 g/mol. The average molecular weight is 195 g/mol. The van der Waals surface area contributed by atoms with Gasteiger partial charge in [-0.15, -0.1) is 11.3 Å². The van der Waals surface area contributed by atoms with E-state index in [9.17, 15) is 4.79 Å². The number of aldehydes is 1. The number of aromatic nitrogens is 1. The minimum absolute atomic E-state index is 0.484. The number of carbonyl (C=O) groups is 1. The van der Waals surface area contributed by atoms with Gasteiger partial charge >= 0.3 is 0 Å². The van der Waals surface area contributed by atoms with Crippen LogP contribution in [0.4, 0.5) is 0 Å². The van der Waals surface area contributed by atoms with E-state index in [2.05, 4.69) is 10.4 Å². The summed E-state index contributed by atoms with van der Waals surface area (Å²) in [5.74, 6) is 0.677. The Morgan fingerprint density at radius 3 is 3.00 bits per heavy atom. The molecule has 0 aliphatic heterocycles. The van der Waals surface area contributed by atoms with E-state index in [4.69, 9.17) is 0 Å². The third-order valence-electron chi connectivity index (χ3n) is 2.60. The van der Waals surface area contributed by atoms with Crippen LogP contribution >= 0.6 is 11.3 Å². The second-order valence-electron chi connectivity index (χ2n) is 3.52. The lowest BCUT2D eigenvalue weighted by Gasteiger charge is -2.02. The highest BCUT2D eigenvalue weighted by molar-refractivity contribution is 7.09. The van der Waals surface area contributed by atoms with Crippen LogP contribution in [0.1, 0.15) is 42.3 Å². The maximum absolute atomic E-state index is 10.3. The first-order valence-electron chi connectivity index (χ1n) is 4.78. The van der Waals surface area contributed by atoms with Crippen molar-refractivity contribution in [2.75, 3.05) is 0 Å². The van der Waals surface area contributed by atoms with Gasteiger partial charge in [-0.1, -0.05) is 12.8 Å². The predicted octanol–water partition coefficient (Wildman–Crippen LogP) is 2.54. The van der Waals surface area contributed by atoms with E-state index in [1.165, 1.54) is 31.4 Å². The van der Waals surface area contributed by atoms with Gasteiger partial charge in [-0.2, -0.15) is 0 Å². The molecule has 1 saturated carbocycles. The molecule has 2 nitrogen and oxygen atoms in total. The van der Waals surface area contributed by atoms with E-state index >= 15 is 0 Å². The Hall–Kier alpha value is -0.700. The smallest absolute Gasteiger partial charge is 0.126 e. The molecule has 3 heteroatoms. The molecular weight excluding hydrogens is 182 g/mol. The Balaban J connectivity index is 2.07. The molecule has 1 aromatic rings. The van der Waals surface area contributed by atoms with Gasteiger partial charge in [0.25, 0.3) is 0 Å². The number of thiazole rings is 1. The number of rotatable bonds is 3. The van der Waals surface area contributed by atoms with Crippen molar-refractivity contribution in [3.63, 3.8) is 0 Å². The molecule has 0 aromatic carbocycles. The van der Waals surface area contributed by atoms with Crippen molar-refractivity contribution < 1.29 is 4.79 Å². The summed E-state index contributed by atoms with van der Waals surface area (Å²) in [7, 11) is 0. The molecule has 1 aromatic heterocycles. The van der Waals surface area contributed by atoms with E-state index in [1.807, 2.05) is 0 Å². The molecule has 0 saturated heterocycles. The molecule has 1 aliphatic rings. The van der Waals surface area contributed by atoms with Gasteiger partial charge in [-0.25, -0.2) is 4.98 Å². The lowest BCUT2D eigenvalue weighted by atomic mass is 10.1. The van der Waals surface area contributed by atoms with Crippen LogP contribution in [0.15, 0.2) is 5.38 Å². The van der Waals surface area contributed by atoms with Crippen LogP contribution in [0.5, 0.6) is 0 Å². The second kappa shape index (κ2) is 4.01. The summed E-state index contributed by atoms with van der Waals surface area (Å²) in [5.41, 5.74) is 1.22. The zero-order valence-corrected chi connectivity index (χ0v) is 8.35. The molecule has 0 unspecified atom stereocenters. The molecule has 1 aliphatic carbocycles. The molecule has 0 atom stereocenters. The van der Waals surface area contributed by atoms with Crippen LogP contribution in [0.3, 0.4) is 0 Å². The predicted molar refractivity (Wildman–Crippen MR) is 53.1 cm³/mol. The topological polar surface area (TPSA) is 30.0 Å². The molecule has 0 bridgehead atoms. The highest BCUT2D eigenvalue weighted by Crippen LogP contribution is 2.34. The molecule has 0 radical (unpaired) electrons. The molecule has 1 heterocycles. The maximum atomic E-state index is 10.3. The van der Waals surface area contributed by atoms with Crippen molar-refractivity contribution in [1.82, 2.24) is 4.98 Å². The maximum Gasteiger partial charge on any atom is 0.126 e. The first kappa shape index (κ1) is 8.88. The van der Waals surface area contributed by atoms with Gasteiger partial charge in [0.15, 0.2) is 0 Å². The fourth-order valence-electron chi connectivity index (χ4n) is 1.90. The first-order valence-corrected chi connectivity index (χ1v) is 5.66. The minimum atomic E-state index is 0.484. The standard InChI is InChI=1S/C10H13NOS/c12-6-5-10-11-9(7-13-10)8-3-1-2-4-8/h6-8H,1-5H2. The highest BCUT2D eigenvalue weighted by Gasteiger charge is 2.19. The second-order valence-corrected chi connectivity index (χ2v) is 4.46. The normalized spacial score (nSPS) is 17.8. The van der Waals surface area contributed by atoms with E-state index in [0.29, 0.717) is 12.3 Å². The van der Waals surface area contributed by atoms with Crippen molar-refractivity contribution in [1.29, 1.82) is 0 Å². The van der Waals surface area contributed by atoms with Gasteiger partial charge in [0, 0.05) is 11.3 Å². The molecular formula is C10H13NOS. The fraction of sp³-hybridized carbons (Fsp3) is 0.600. The SMILES string of the molecule is O=CCc1nc(C2CCCC2)cs1. The molecule has 70 valence electrons. The molecule has 2 rings (SSSR count). The van der Waals surface area contributed by atoms with Crippen LogP contribution < -0.4 is 0 Å². The third kappa shape index (κ3) is 1.97. The zero-order valence-electron chi connectivity index (χ0n) is 7.53. The van der Waals surface area contributed by atoms with E-state index in [-0.39, 0.29) is 0 Å². The Morgan fingerprint density at radius 2 is 2.31 bits per heavy atom. The van der Waals surface area contributed by atoms with Gasteiger partial charge in [0.05, 0.1) is 17.1 Å². The van der Waals surface area contributed by atoms with Crippen LogP contribution in [0.2, 0.25) is 0 Å². The summed E-state index contributed by atoms with van der Waals surface area (Å²) in [5, 5.41) is 3.09. The fourth-order valence-corrected chi connectivity index (χ4v) is 2.72. The Kier molecular flexibility index (Phi) is 2.74. The van der Waals surface area contributed by atoms with Crippen molar-refractivity contribution in [3.8, 4) is 0 Å². The van der Waals surface area contributed by atoms with Crippen molar-refractivity contribution in [2.24, 2.45) is 0 Å². The number of hydrogen-bond donors (Lipinski definition) is 0. The number of nitrogens with zero attached hydrogens (tertiary/aromatic N) is 1. The zero-order chi connectivity index (χ0) is 9.10. The van der Waals surface area contributed by atoms with Crippen molar-refractivity contribution in [2.45, 2.75) is 38.0 Å². The largest absolute Gasteiger partial charge is 0.303 e. The highest BCUT2D eigenvalue weighted by atomic mass is 32.1. The van der Waals surface area contributed by atoms with Gasteiger partial charge in [-0.3, -0.25) is 0 Å². The van der Waals surface area contributed by atoms with Gasteiger partial charge in [-0.05, 0) is 12.8 Å². The molecule has 13 heavy (non-hydrogen) atoms. The van der Waals surface area contributed by atoms with Crippen molar-refractivity contribution >= 4 is 17.6 Å². The Labute approximate surface area is 82.0 Å². The summed E-state index contributed by atoms with van der Waals surface area (Å²) in [4.78, 5) is 14.7. The number of hydrogen-bond acceptors (Lipinski definition) is 3. The molecule has 0 N–H and O–H groups in total. The summed E-state index contributed by atoms with van der Waals surface area (Å²) in [6.45, 7) is 0. The van der Waals surface area contributed by atoms with Crippen LogP contribution in [-0.2, 0) is 11.2 Å². The summed E-state index contributed by atoms with van der Waals surface area (Å²) in [6.07, 6.45) is 6.65. The minimum Gasteiger partial charge on any atom is -0.303 e. The van der Waals surface area contributed by atoms with E-state index in [0.717, 1.165) is 11.3 Å². The molecule has 0 amide bonds. The summed E-state index contributed by atoms with van der Waals surface area (Å²) >= 11 is 1.62. The number of carbonyl (C=O) groups excluding carboxylic acids is 1. The van der Waals surface area contributed by atoms with Crippen LogP contribution in [0, 0.1) is 0 Å².